The molecule has 0 spiro atoms. The molecule has 2 atom stereocenters. The first-order valence-electron chi connectivity index (χ1n) is 7.13. The summed E-state index contributed by atoms with van der Waals surface area (Å²) in [6, 6.07) is 0. The van der Waals surface area contributed by atoms with Crippen LogP contribution in [0.1, 0.15) is 45.4 Å². The van der Waals surface area contributed by atoms with Gasteiger partial charge in [0.1, 0.15) is 0 Å². The van der Waals surface area contributed by atoms with E-state index in [1.54, 1.807) is 0 Å². The summed E-state index contributed by atoms with van der Waals surface area (Å²) in [4.78, 5) is 11.7. The topological polar surface area (TPSA) is 55.8 Å². The van der Waals surface area contributed by atoms with E-state index >= 15 is 0 Å². The lowest BCUT2D eigenvalue weighted by molar-refractivity contribution is -0.155. The highest BCUT2D eigenvalue weighted by atomic mass is 16.5. The third kappa shape index (κ3) is 2.86. The number of hydrogen-bond donors (Lipinski definition) is 1. The van der Waals surface area contributed by atoms with Gasteiger partial charge in [-0.1, -0.05) is 13.3 Å². The van der Waals surface area contributed by atoms with Crippen LogP contribution in [0, 0.1) is 11.3 Å². The molecule has 0 bridgehead atoms. The highest BCUT2D eigenvalue weighted by molar-refractivity contribution is 5.76. The molecule has 2 rings (SSSR count). The maximum Gasteiger partial charge on any atom is 0.312 e. The Morgan fingerprint density at radius 1 is 1.44 bits per heavy atom. The van der Waals surface area contributed by atoms with Gasteiger partial charge in [-0.25, -0.2) is 0 Å². The van der Waals surface area contributed by atoms with Crippen LogP contribution in [0.5, 0.6) is 0 Å². The molecule has 1 aliphatic heterocycles. The lowest BCUT2D eigenvalue weighted by Crippen LogP contribution is -2.41. The molecule has 1 N–H and O–H groups in total. The number of aliphatic carboxylic acids is 1. The van der Waals surface area contributed by atoms with Crippen molar-refractivity contribution in [1.29, 1.82) is 0 Å². The average molecular weight is 256 g/mol. The fraction of sp³-hybridized carbons (Fsp3) is 0.929. The first-order chi connectivity index (χ1) is 8.70. The summed E-state index contributed by atoms with van der Waals surface area (Å²) in [5, 5.41) is 9.58. The van der Waals surface area contributed by atoms with Crippen molar-refractivity contribution >= 4 is 5.97 Å². The number of unbranched alkanes of at least 4 members (excludes halogenated alkanes) is 1. The standard InChI is InChI=1S/C14H24O4/c1-2-3-8-17-9-6-14(13(15)16)7-10-18-12(14)11-4-5-11/h11-12H,2-10H2,1H3,(H,15,16). The molecule has 1 aliphatic carbocycles. The zero-order chi connectivity index (χ0) is 13.0. The molecule has 0 aromatic carbocycles. The summed E-state index contributed by atoms with van der Waals surface area (Å²) in [6.07, 6.45) is 5.55. The van der Waals surface area contributed by atoms with Crippen LogP contribution in [0.2, 0.25) is 0 Å². The molecule has 0 amide bonds. The fourth-order valence-electron chi connectivity index (χ4n) is 2.86. The fourth-order valence-corrected chi connectivity index (χ4v) is 2.86. The summed E-state index contributed by atoms with van der Waals surface area (Å²) >= 11 is 0. The third-order valence-corrected chi connectivity index (χ3v) is 4.20. The molecule has 0 aromatic heterocycles. The van der Waals surface area contributed by atoms with E-state index in [0.29, 0.717) is 32.0 Å². The first kappa shape index (κ1) is 13.8. The van der Waals surface area contributed by atoms with Gasteiger partial charge in [0.25, 0.3) is 0 Å². The molecule has 2 unspecified atom stereocenters. The number of carboxylic acid groups (broad SMARTS) is 1. The van der Waals surface area contributed by atoms with Gasteiger partial charge in [0.2, 0.25) is 0 Å². The average Bonchev–Trinajstić information content (AvgIpc) is 3.10. The van der Waals surface area contributed by atoms with Crippen LogP contribution in [-0.2, 0) is 14.3 Å². The summed E-state index contributed by atoms with van der Waals surface area (Å²) < 4.78 is 11.2. The highest BCUT2D eigenvalue weighted by Crippen LogP contribution is 2.49. The molecule has 4 nitrogen and oxygen atoms in total. The predicted molar refractivity (Wildman–Crippen MR) is 67.5 cm³/mol. The predicted octanol–water partition coefficient (Wildman–Crippen LogP) is 2.46. The molecule has 1 saturated carbocycles. The first-order valence-corrected chi connectivity index (χ1v) is 7.13. The summed E-state index contributed by atoms with van der Waals surface area (Å²) in [6.45, 7) is 3.98. The van der Waals surface area contributed by atoms with E-state index in [9.17, 15) is 9.90 Å². The van der Waals surface area contributed by atoms with Gasteiger partial charge < -0.3 is 14.6 Å². The molecule has 2 fully saturated rings. The van der Waals surface area contributed by atoms with Crippen molar-refractivity contribution in [3.8, 4) is 0 Å². The highest BCUT2D eigenvalue weighted by Gasteiger charge is 2.55. The van der Waals surface area contributed by atoms with Gasteiger partial charge in [-0.05, 0) is 38.0 Å². The largest absolute Gasteiger partial charge is 0.481 e. The lowest BCUT2D eigenvalue weighted by Gasteiger charge is -2.29. The minimum absolute atomic E-state index is 0.0789. The van der Waals surface area contributed by atoms with Crippen molar-refractivity contribution < 1.29 is 19.4 Å². The number of carbonyl (C=O) groups is 1. The monoisotopic (exact) mass is 256 g/mol. The Morgan fingerprint density at radius 2 is 2.22 bits per heavy atom. The van der Waals surface area contributed by atoms with E-state index in [1.165, 1.54) is 0 Å². The smallest absolute Gasteiger partial charge is 0.312 e. The quantitative estimate of drug-likeness (QED) is 0.678. The van der Waals surface area contributed by atoms with Crippen molar-refractivity contribution in [2.45, 2.75) is 51.6 Å². The molecule has 18 heavy (non-hydrogen) atoms. The SMILES string of the molecule is CCCCOCCC1(C(=O)O)CCOC1C1CC1. The Hall–Kier alpha value is -0.610. The Kier molecular flexibility index (Phi) is 4.62. The van der Waals surface area contributed by atoms with E-state index in [2.05, 4.69) is 6.92 Å². The van der Waals surface area contributed by atoms with Crippen LogP contribution in [-0.4, -0.2) is 37.0 Å². The van der Waals surface area contributed by atoms with Crippen molar-refractivity contribution in [2.75, 3.05) is 19.8 Å². The van der Waals surface area contributed by atoms with Gasteiger partial charge in [0.05, 0.1) is 11.5 Å². The van der Waals surface area contributed by atoms with E-state index in [4.69, 9.17) is 9.47 Å². The Labute approximate surface area is 109 Å². The Bertz CT molecular complexity index is 288. The number of ether oxygens (including phenoxy) is 2. The second kappa shape index (κ2) is 6.02. The Morgan fingerprint density at radius 3 is 2.83 bits per heavy atom. The third-order valence-electron chi connectivity index (χ3n) is 4.20. The van der Waals surface area contributed by atoms with Crippen molar-refractivity contribution in [3.05, 3.63) is 0 Å². The maximum atomic E-state index is 11.7. The second-order valence-electron chi connectivity index (χ2n) is 5.56. The van der Waals surface area contributed by atoms with E-state index < -0.39 is 11.4 Å². The van der Waals surface area contributed by atoms with Crippen LogP contribution in [0.4, 0.5) is 0 Å². The molecule has 4 heteroatoms. The number of hydrogen-bond acceptors (Lipinski definition) is 3. The van der Waals surface area contributed by atoms with Crippen molar-refractivity contribution in [3.63, 3.8) is 0 Å². The normalized spacial score (nSPS) is 31.7. The summed E-state index contributed by atoms with van der Waals surface area (Å²) in [5.41, 5.74) is -0.687. The summed E-state index contributed by atoms with van der Waals surface area (Å²) in [7, 11) is 0. The van der Waals surface area contributed by atoms with Gasteiger partial charge in [-0.3, -0.25) is 4.79 Å². The van der Waals surface area contributed by atoms with Crippen LogP contribution >= 0.6 is 0 Å². The van der Waals surface area contributed by atoms with Gasteiger partial charge in [-0.2, -0.15) is 0 Å². The molecule has 1 heterocycles. The van der Waals surface area contributed by atoms with Crippen LogP contribution in [0.3, 0.4) is 0 Å². The van der Waals surface area contributed by atoms with Crippen molar-refractivity contribution in [2.24, 2.45) is 11.3 Å². The number of rotatable bonds is 8. The van der Waals surface area contributed by atoms with Crippen LogP contribution in [0.25, 0.3) is 0 Å². The maximum absolute atomic E-state index is 11.7. The molecule has 1 saturated heterocycles. The molecule has 0 aromatic rings. The van der Waals surface area contributed by atoms with E-state index in [-0.39, 0.29) is 6.10 Å². The van der Waals surface area contributed by atoms with E-state index in [0.717, 1.165) is 32.3 Å². The molecule has 2 aliphatic rings. The Balaban J connectivity index is 1.88. The molecule has 0 radical (unpaired) electrons. The molecular formula is C14H24O4. The zero-order valence-corrected chi connectivity index (χ0v) is 11.2. The number of carboxylic acids is 1. The van der Waals surface area contributed by atoms with Crippen LogP contribution < -0.4 is 0 Å². The summed E-state index contributed by atoms with van der Waals surface area (Å²) in [5.74, 6) is -0.227. The second-order valence-corrected chi connectivity index (χ2v) is 5.56. The van der Waals surface area contributed by atoms with Gasteiger partial charge in [0, 0.05) is 19.8 Å². The zero-order valence-electron chi connectivity index (χ0n) is 11.2. The minimum Gasteiger partial charge on any atom is -0.481 e. The molecular weight excluding hydrogens is 232 g/mol. The minimum atomic E-state index is -0.698. The van der Waals surface area contributed by atoms with Crippen LogP contribution in [0.15, 0.2) is 0 Å². The van der Waals surface area contributed by atoms with Gasteiger partial charge in [0.15, 0.2) is 0 Å². The molecule has 104 valence electrons. The van der Waals surface area contributed by atoms with E-state index in [1.807, 2.05) is 0 Å². The van der Waals surface area contributed by atoms with Crippen molar-refractivity contribution in [1.82, 2.24) is 0 Å². The van der Waals surface area contributed by atoms with Gasteiger partial charge in [-0.15, -0.1) is 0 Å². The lowest BCUT2D eigenvalue weighted by atomic mass is 9.76. The van der Waals surface area contributed by atoms with Gasteiger partial charge >= 0.3 is 5.97 Å².